The third-order valence-electron chi connectivity index (χ3n) is 4.04. The van der Waals surface area contributed by atoms with Crippen LogP contribution in [-0.2, 0) is 14.3 Å². The molecular weight excluding hydrogens is 390 g/mol. The number of ether oxygens (including phenoxy) is 2. The first-order valence-corrected chi connectivity index (χ1v) is 9.25. The van der Waals surface area contributed by atoms with Gasteiger partial charge in [-0.25, -0.2) is 14.4 Å². The summed E-state index contributed by atoms with van der Waals surface area (Å²) in [5.41, 5.74) is -0.0240. The zero-order valence-corrected chi connectivity index (χ0v) is 16.2. The normalized spacial score (nSPS) is 10.4. The molecule has 2 aromatic carbocycles. The Kier molecular flexibility index (Phi) is 6.59. The van der Waals surface area contributed by atoms with Crippen LogP contribution in [0.3, 0.4) is 0 Å². The first-order valence-electron chi connectivity index (χ1n) is 9.25. The lowest BCUT2D eigenvalue weighted by Gasteiger charge is -2.08. The van der Waals surface area contributed by atoms with Gasteiger partial charge in [0.2, 0.25) is 0 Å². The molecule has 8 heteroatoms. The van der Waals surface area contributed by atoms with Gasteiger partial charge in [0.15, 0.2) is 6.61 Å². The number of hydrogen-bond donors (Lipinski definition) is 1. The van der Waals surface area contributed by atoms with Crippen molar-refractivity contribution in [1.29, 1.82) is 0 Å². The van der Waals surface area contributed by atoms with Gasteiger partial charge in [0.1, 0.15) is 11.1 Å². The number of carbonyl (C=O) groups excluding carboxylic acids is 3. The number of hydrogen-bond acceptors (Lipinski definition) is 7. The molecule has 0 aliphatic carbocycles. The topological polar surface area (TPSA) is 112 Å². The summed E-state index contributed by atoms with van der Waals surface area (Å²) in [5, 5.41) is 3.09. The summed E-state index contributed by atoms with van der Waals surface area (Å²) in [6.07, 6.45) is 0.722. The molecule has 1 aromatic heterocycles. The summed E-state index contributed by atoms with van der Waals surface area (Å²) >= 11 is 0. The summed E-state index contributed by atoms with van der Waals surface area (Å²) in [4.78, 5) is 47.9. The van der Waals surface area contributed by atoms with Crippen molar-refractivity contribution in [2.24, 2.45) is 0 Å². The van der Waals surface area contributed by atoms with Gasteiger partial charge in [0, 0.05) is 11.1 Å². The maximum atomic E-state index is 12.2. The molecule has 8 nitrogen and oxygen atoms in total. The van der Waals surface area contributed by atoms with E-state index in [1.165, 1.54) is 30.3 Å². The van der Waals surface area contributed by atoms with E-state index in [-0.39, 0.29) is 5.56 Å². The number of rotatable bonds is 7. The second-order valence-corrected chi connectivity index (χ2v) is 6.32. The molecule has 30 heavy (non-hydrogen) atoms. The average molecular weight is 409 g/mol. The van der Waals surface area contributed by atoms with Gasteiger partial charge in [-0.15, -0.1) is 0 Å². The second-order valence-electron chi connectivity index (χ2n) is 6.32. The molecule has 1 amide bonds. The van der Waals surface area contributed by atoms with Crippen LogP contribution in [0.2, 0.25) is 0 Å². The van der Waals surface area contributed by atoms with Gasteiger partial charge in [-0.2, -0.15) is 0 Å². The lowest BCUT2D eigenvalue weighted by Crippen LogP contribution is -2.23. The van der Waals surface area contributed by atoms with Gasteiger partial charge in [-0.3, -0.25) is 4.79 Å². The molecule has 3 rings (SSSR count). The Labute approximate surface area is 171 Å². The molecule has 1 N–H and O–H groups in total. The van der Waals surface area contributed by atoms with Crippen LogP contribution >= 0.6 is 0 Å². The minimum Gasteiger partial charge on any atom is -0.462 e. The third kappa shape index (κ3) is 5.11. The highest BCUT2D eigenvalue weighted by atomic mass is 16.5. The predicted octanol–water partition coefficient (Wildman–Crippen LogP) is 3.16. The van der Waals surface area contributed by atoms with Crippen LogP contribution in [0.1, 0.15) is 34.1 Å². The van der Waals surface area contributed by atoms with Gasteiger partial charge in [-0.05, 0) is 42.8 Å². The fraction of sp³-hybridized carbons (Fsp3) is 0.182. The predicted molar refractivity (Wildman–Crippen MR) is 108 cm³/mol. The van der Waals surface area contributed by atoms with Crippen LogP contribution < -0.4 is 10.9 Å². The number of nitrogens with one attached hydrogen (secondary N) is 1. The Morgan fingerprint density at radius 1 is 0.967 bits per heavy atom. The van der Waals surface area contributed by atoms with Crippen molar-refractivity contribution in [2.45, 2.75) is 13.3 Å². The Bertz CT molecular complexity index is 1130. The highest BCUT2D eigenvalue weighted by Crippen LogP contribution is 2.14. The fourth-order valence-electron chi connectivity index (χ4n) is 2.58. The molecule has 0 aliphatic rings. The molecule has 154 valence electrons. The molecule has 0 saturated carbocycles. The highest BCUT2D eigenvalue weighted by Gasteiger charge is 2.17. The molecule has 3 aromatic rings. The molecule has 0 unspecified atom stereocenters. The van der Waals surface area contributed by atoms with Gasteiger partial charge in [-0.1, -0.05) is 25.1 Å². The largest absolute Gasteiger partial charge is 0.462 e. The molecular formula is C22H19NO7. The Morgan fingerprint density at radius 3 is 2.43 bits per heavy atom. The van der Waals surface area contributed by atoms with Crippen molar-refractivity contribution in [3.8, 4) is 0 Å². The summed E-state index contributed by atoms with van der Waals surface area (Å²) in [6, 6.07) is 14.2. The van der Waals surface area contributed by atoms with Gasteiger partial charge < -0.3 is 19.2 Å². The van der Waals surface area contributed by atoms with Crippen LogP contribution in [0.25, 0.3) is 11.0 Å². The molecule has 1 heterocycles. The number of esters is 2. The number of carbonyl (C=O) groups is 3. The van der Waals surface area contributed by atoms with Gasteiger partial charge >= 0.3 is 17.6 Å². The van der Waals surface area contributed by atoms with Crippen molar-refractivity contribution < 1.29 is 28.3 Å². The summed E-state index contributed by atoms with van der Waals surface area (Å²) < 4.78 is 15.0. The van der Waals surface area contributed by atoms with E-state index in [4.69, 9.17) is 13.9 Å². The van der Waals surface area contributed by atoms with E-state index in [1.54, 1.807) is 24.3 Å². The number of benzene rings is 2. The van der Waals surface area contributed by atoms with Crippen molar-refractivity contribution in [3.63, 3.8) is 0 Å². The quantitative estimate of drug-likeness (QED) is 0.471. The molecule has 0 atom stereocenters. The van der Waals surface area contributed by atoms with E-state index in [0.29, 0.717) is 28.8 Å². The van der Waals surface area contributed by atoms with E-state index in [2.05, 4.69) is 5.32 Å². The fourth-order valence-corrected chi connectivity index (χ4v) is 2.58. The molecule has 0 saturated heterocycles. The zero-order chi connectivity index (χ0) is 21.5. The van der Waals surface area contributed by atoms with Gasteiger partial charge in [0.25, 0.3) is 5.91 Å². The van der Waals surface area contributed by atoms with Crippen molar-refractivity contribution in [2.75, 3.05) is 18.5 Å². The van der Waals surface area contributed by atoms with Crippen LogP contribution in [0.15, 0.2) is 63.8 Å². The molecule has 0 aliphatic heterocycles. The van der Waals surface area contributed by atoms with Crippen molar-refractivity contribution in [1.82, 2.24) is 0 Å². The second kappa shape index (κ2) is 9.51. The third-order valence-corrected chi connectivity index (χ3v) is 4.04. The Hall–Kier alpha value is -3.94. The summed E-state index contributed by atoms with van der Waals surface area (Å²) in [6.45, 7) is 1.63. The van der Waals surface area contributed by atoms with E-state index < -0.39 is 30.1 Å². The summed E-state index contributed by atoms with van der Waals surface area (Å²) in [5.74, 6) is -2.01. The summed E-state index contributed by atoms with van der Waals surface area (Å²) in [7, 11) is 0. The SMILES string of the molecule is CCCOC(=O)c1ccc(NC(=O)COC(=O)c2cc3ccccc3oc2=O)cc1. The molecule has 0 fully saturated rings. The number of fused-ring (bicyclic) bond motifs is 1. The molecule has 0 radical (unpaired) electrons. The number of para-hydroxylation sites is 1. The highest BCUT2D eigenvalue weighted by molar-refractivity contribution is 5.97. The minimum atomic E-state index is -0.960. The van der Waals surface area contributed by atoms with Crippen LogP contribution in [0, 0.1) is 0 Å². The van der Waals surface area contributed by atoms with Crippen LogP contribution in [0.4, 0.5) is 5.69 Å². The average Bonchev–Trinajstić information content (AvgIpc) is 2.75. The molecule has 0 spiro atoms. The minimum absolute atomic E-state index is 0.295. The zero-order valence-electron chi connectivity index (χ0n) is 16.2. The van der Waals surface area contributed by atoms with Crippen molar-refractivity contribution in [3.05, 3.63) is 76.1 Å². The standard InChI is InChI=1S/C22H19NO7/c1-2-11-28-20(25)14-7-9-16(10-8-14)23-19(24)13-29-21(26)17-12-15-5-3-4-6-18(15)30-22(17)27/h3-10,12H,2,11,13H2,1H3,(H,23,24). The number of anilines is 1. The van der Waals surface area contributed by atoms with Crippen LogP contribution in [-0.4, -0.2) is 31.1 Å². The smallest absolute Gasteiger partial charge is 0.351 e. The van der Waals surface area contributed by atoms with Gasteiger partial charge in [0.05, 0.1) is 12.2 Å². The molecule has 0 bridgehead atoms. The van der Waals surface area contributed by atoms with Crippen LogP contribution in [0.5, 0.6) is 0 Å². The monoisotopic (exact) mass is 409 g/mol. The Morgan fingerprint density at radius 2 is 1.70 bits per heavy atom. The lowest BCUT2D eigenvalue weighted by atomic mass is 10.2. The van der Waals surface area contributed by atoms with E-state index in [9.17, 15) is 19.2 Å². The number of amides is 1. The maximum Gasteiger partial charge on any atom is 0.351 e. The van der Waals surface area contributed by atoms with E-state index in [0.717, 1.165) is 6.42 Å². The first-order chi connectivity index (χ1) is 14.5. The van der Waals surface area contributed by atoms with E-state index in [1.807, 2.05) is 6.92 Å². The maximum absolute atomic E-state index is 12.2. The van der Waals surface area contributed by atoms with E-state index >= 15 is 0 Å². The lowest BCUT2D eigenvalue weighted by molar-refractivity contribution is -0.119. The Balaban J connectivity index is 1.57. The van der Waals surface area contributed by atoms with Crippen molar-refractivity contribution >= 4 is 34.5 Å². The first kappa shape index (κ1) is 20.8.